The number of rotatable bonds is 2. The number of hydrogen-bond acceptors (Lipinski definition) is 2. The molecule has 0 bridgehead atoms. The van der Waals surface area contributed by atoms with E-state index < -0.39 is 0 Å². The first-order valence-electron chi connectivity index (χ1n) is 8.22. The third-order valence-corrected chi connectivity index (χ3v) is 4.59. The molecule has 1 aliphatic heterocycles. The molecule has 118 valence electrons. The molecule has 3 heteroatoms. The maximum absolute atomic E-state index is 13.1. The maximum Gasteiger partial charge on any atom is 0.214 e. The van der Waals surface area contributed by atoms with Crippen LogP contribution in [0.1, 0.15) is 16.1 Å². The monoisotopic (exact) mass is 322 g/mol. The molecule has 0 saturated heterocycles. The normalized spacial score (nSPS) is 12.1. The third-order valence-electron chi connectivity index (χ3n) is 4.59. The molecular formula is C22H14N2O. The van der Waals surface area contributed by atoms with Crippen molar-refractivity contribution in [1.82, 2.24) is 9.78 Å². The molecule has 3 nitrogen and oxygen atoms in total. The molecule has 0 fully saturated rings. The zero-order chi connectivity index (χ0) is 16.8. The number of para-hydroxylation sites is 1. The largest absolute Gasteiger partial charge is 0.287 e. The number of benzene rings is 3. The number of ketones is 1. The van der Waals surface area contributed by atoms with Crippen molar-refractivity contribution >= 4 is 5.78 Å². The smallest absolute Gasteiger partial charge is 0.214 e. The van der Waals surface area contributed by atoms with Crippen LogP contribution in [0.4, 0.5) is 0 Å². The summed E-state index contributed by atoms with van der Waals surface area (Å²) in [6.07, 6.45) is 0. The molecular weight excluding hydrogens is 308 g/mol. The molecule has 3 aromatic carbocycles. The minimum absolute atomic E-state index is 0.0316. The Morgan fingerprint density at radius 1 is 0.680 bits per heavy atom. The van der Waals surface area contributed by atoms with Gasteiger partial charge in [0.25, 0.3) is 0 Å². The first-order chi connectivity index (χ1) is 12.3. The molecule has 0 aliphatic carbocycles. The van der Waals surface area contributed by atoms with E-state index in [2.05, 4.69) is 0 Å². The number of aromatic nitrogens is 2. The third kappa shape index (κ3) is 1.99. The number of hydrogen-bond donors (Lipinski definition) is 0. The predicted molar refractivity (Wildman–Crippen MR) is 97.9 cm³/mol. The number of carbonyl (C=O) groups excluding carboxylic acids is 1. The second-order valence-electron chi connectivity index (χ2n) is 6.06. The zero-order valence-electron chi connectivity index (χ0n) is 13.4. The summed E-state index contributed by atoms with van der Waals surface area (Å²) in [6.45, 7) is 0. The van der Waals surface area contributed by atoms with Crippen LogP contribution in [0.2, 0.25) is 0 Å². The lowest BCUT2D eigenvalue weighted by Crippen LogP contribution is -1.98. The fourth-order valence-electron chi connectivity index (χ4n) is 3.46. The number of fused-ring (bicyclic) bond motifs is 3. The Labute approximate surface area is 145 Å². The van der Waals surface area contributed by atoms with Gasteiger partial charge in [0.15, 0.2) is 0 Å². The Balaban J connectivity index is 1.86. The summed E-state index contributed by atoms with van der Waals surface area (Å²) < 4.78 is 1.79. The van der Waals surface area contributed by atoms with Crippen LogP contribution in [0.5, 0.6) is 0 Å². The van der Waals surface area contributed by atoms with Gasteiger partial charge in [0.2, 0.25) is 5.78 Å². The minimum atomic E-state index is 0.0316. The van der Waals surface area contributed by atoms with Crippen molar-refractivity contribution in [2.45, 2.75) is 0 Å². The summed E-state index contributed by atoms with van der Waals surface area (Å²) in [4.78, 5) is 13.1. The van der Waals surface area contributed by atoms with Gasteiger partial charge in [-0.05, 0) is 17.7 Å². The van der Waals surface area contributed by atoms with Crippen LogP contribution >= 0.6 is 0 Å². The molecule has 25 heavy (non-hydrogen) atoms. The quantitative estimate of drug-likeness (QED) is 0.470. The van der Waals surface area contributed by atoms with Gasteiger partial charge in [-0.25, -0.2) is 4.68 Å². The van der Waals surface area contributed by atoms with E-state index in [1.54, 1.807) is 4.68 Å². The Morgan fingerprint density at radius 3 is 2.00 bits per heavy atom. The highest BCUT2D eigenvalue weighted by Crippen LogP contribution is 2.40. The molecule has 0 spiro atoms. The summed E-state index contributed by atoms with van der Waals surface area (Å²) in [7, 11) is 0. The van der Waals surface area contributed by atoms with Gasteiger partial charge in [0, 0.05) is 16.7 Å². The highest BCUT2D eigenvalue weighted by molar-refractivity contribution is 6.18. The van der Waals surface area contributed by atoms with Crippen LogP contribution < -0.4 is 0 Å². The van der Waals surface area contributed by atoms with E-state index in [9.17, 15) is 4.79 Å². The highest BCUT2D eigenvalue weighted by atomic mass is 16.1. The van der Waals surface area contributed by atoms with Crippen LogP contribution in [0.15, 0.2) is 84.9 Å². The van der Waals surface area contributed by atoms with E-state index in [1.807, 2.05) is 84.9 Å². The van der Waals surface area contributed by atoms with Gasteiger partial charge in [-0.2, -0.15) is 5.10 Å². The standard InChI is InChI=1S/C22H14N2O/c25-22-17-13-7-8-14-18(17)24-21(22)19(15-9-3-1-4-10-15)20(23-24)16-11-5-2-6-12-16/h1-14H. The van der Waals surface area contributed by atoms with Crippen molar-refractivity contribution < 1.29 is 4.79 Å². The van der Waals surface area contributed by atoms with Crippen LogP contribution in [0.25, 0.3) is 28.1 Å². The predicted octanol–water partition coefficient (Wildman–Crippen LogP) is 4.75. The summed E-state index contributed by atoms with van der Waals surface area (Å²) in [6, 6.07) is 27.7. The fourth-order valence-corrected chi connectivity index (χ4v) is 3.46. The van der Waals surface area contributed by atoms with E-state index in [1.165, 1.54) is 0 Å². The maximum atomic E-state index is 13.1. The van der Waals surface area contributed by atoms with Crippen LogP contribution in [-0.2, 0) is 0 Å². The van der Waals surface area contributed by atoms with E-state index in [-0.39, 0.29) is 5.78 Å². The highest BCUT2D eigenvalue weighted by Gasteiger charge is 2.33. The topological polar surface area (TPSA) is 34.9 Å². The Kier molecular flexibility index (Phi) is 2.94. The Bertz CT molecular complexity index is 1100. The van der Waals surface area contributed by atoms with E-state index in [4.69, 9.17) is 5.10 Å². The van der Waals surface area contributed by atoms with Gasteiger partial charge >= 0.3 is 0 Å². The zero-order valence-corrected chi connectivity index (χ0v) is 13.4. The molecule has 0 N–H and O–H groups in total. The van der Waals surface area contributed by atoms with Crippen LogP contribution in [0, 0.1) is 0 Å². The second kappa shape index (κ2) is 5.28. The molecule has 0 saturated carbocycles. The molecule has 0 radical (unpaired) electrons. The average Bonchev–Trinajstić information content (AvgIpc) is 3.20. The summed E-state index contributed by atoms with van der Waals surface area (Å²) in [5.74, 6) is 0.0316. The van der Waals surface area contributed by atoms with Crippen LogP contribution in [0.3, 0.4) is 0 Å². The lowest BCUT2D eigenvalue weighted by Gasteiger charge is -2.05. The van der Waals surface area contributed by atoms with Gasteiger partial charge in [-0.1, -0.05) is 72.8 Å². The first kappa shape index (κ1) is 13.9. The summed E-state index contributed by atoms with van der Waals surface area (Å²) in [5.41, 5.74) is 5.95. The van der Waals surface area contributed by atoms with Gasteiger partial charge < -0.3 is 0 Å². The van der Waals surface area contributed by atoms with Crippen molar-refractivity contribution in [2.75, 3.05) is 0 Å². The Hall–Kier alpha value is -3.46. The van der Waals surface area contributed by atoms with Crippen molar-refractivity contribution in [2.24, 2.45) is 0 Å². The van der Waals surface area contributed by atoms with Crippen molar-refractivity contribution in [3.8, 4) is 28.1 Å². The molecule has 1 aromatic heterocycles. The summed E-state index contributed by atoms with van der Waals surface area (Å²) in [5, 5.41) is 4.82. The van der Waals surface area contributed by atoms with E-state index in [0.717, 1.165) is 28.1 Å². The molecule has 0 amide bonds. The van der Waals surface area contributed by atoms with Crippen molar-refractivity contribution in [3.63, 3.8) is 0 Å². The van der Waals surface area contributed by atoms with Gasteiger partial charge in [0.05, 0.1) is 5.69 Å². The molecule has 0 unspecified atom stereocenters. The minimum Gasteiger partial charge on any atom is -0.287 e. The van der Waals surface area contributed by atoms with Crippen molar-refractivity contribution in [3.05, 3.63) is 96.2 Å². The Morgan fingerprint density at radius 2 is 1.28 bits per heavy atom. The summed E-state index contributed by atoms with van der Waals surface area (Å²) >= 11 is 0. The average molecular weight is 322 g/mol. The molecule has 5 rings (SSSR count). The second-order valence-corrected chi connectivity index (χ2v) is 6.06. The molecule has 0 atom stereocenters. The van der Waals surface area contributed by atoms with Crippen LogP contribution in [-0.4, -0.2) is 15.6 Å². The van der Waals surface area contributed by atoms with Gasteiger partial charge in [-0.3, -0.25) is 4.79 Å². The molecule has 2 heterocycles. The molecule has 4 aromatic rings. The first-order valence-corrected chi connectivity index (χ1v) is 8.22. The lowest BCUT2D eigenvalue weighted by atomic mass is 9.96. The number of carbonyl (C=O) groups is 1. The van der Waals surface area contributed by atoms with Crippen molar-refractivity contribution in [1.29, 1.82) is 0 Å². The van der Waals surface area contributed by atoms with E-state index in [0.29, 0.717) is 11.3 Å². The van der Waals surface area contributed by atoms with Gasteiger partial charge in [-0.15, -0.1) is 0 Å². The fraction of sp³-hybridized carbons (Fsp3) is 0. The van der Waals surface area contributed by atoms with Gasteiger partial charge in [0.1, 0.15) is 11.4 Å². The number of nitrogens with zero attached hydrogens (tertiary/aromatic N) is 2. The SMILES string of the molecule is O=C1c2ccccc2-n2nc(-c3ccccc3)c(-c3ccccc3)c21. The van der Waals surface area contributed by atoms with E-state index >= 15 is 0 Å². The lowest BCUT2D eigenvalue weighted by molar-refractivity contribution is 0.104. The molecule has 1 aliphatic rings.